The molecule has 0 radical (unpaired) electrons. The topological polar surface area (TPSA) is 74.6 Å². The highest BCUT2D eigenvalue weighted by Crippen LogP contribution is 2.36. The lowest BCUT2D eigenvalue weighted by Crippen LogP contribution is -2.09. The van der Waals surface area contributed by atoms with Crippen LogP contribution in [0.5, 0.6) is 11.5 Å². The fourth-order valence-corrected chi connectivity index (χ4v) is 4.68. The minimum Gasteiger partial charge on any atom is -0.508 e. The van der Waals surface area contributed by atoms with Gasteiger partial charge < -0.3 is 10.2 Å². The van der Waals surface area contributed by atoms with Crippen LogP contribution < -0.4 is 0 Å². The quantitative estimate of drug-likeness (QED) is 0.888. The Morgan fingerprint density at radius 1 is 0.727 bits per heavy atom. The van der Waals surface area contributed by atoms with Crippen LogP contribution in [0.3, 0.4) is 0 Å². The van der Waals surface area contributed by atoms with E-state index >= 15 is 0 Å². The van der Waals surface area contributed by atoms with Gasteiger partial charge in [-0.25, -0.2) is 8.42 Å². The summed E-state index contributed by atoms with van der Waals surface area (Å²) in [5.74, 6) is 0.0346. The highest BCUT2D eigenvalue weighted by atomic mass is 32.2. The molecule has 0 saturated heterocycles. The molecule has 2 N–H and O–H groups in total. The summed E-state index contributed by atoms with van der Waals surface area (Å²) in [4.78, 5) is 0.279. The van der Waals surface area contributed by atoms with Crippen molar-refractivity contribution < 1.29 is 18.6 Å². The second kappa shape index (κ2) is 5.32. The van der Waals surface area contributed by atoms with E-state index in [9.17, 15) is 18.6 Å². The van der Waals surface area contributed by atoms with Gasteiger partial charge in [-0.3, -0.25) is 0 Å². The molecular formula is C17H20O4S. The Morgan fingerprint density at radius 3 is 1.91 bits per heavy atom. The van der Waals surface area contributed by atoms with Crippen LogP contribution in [0.2, 0.25) is 0 Å². The van der Waals surface area contributed by atoms with E-state index < -0.39 is 9.84 Å². The van der Waals surface area contributed by atoms with Gasteiger partial charge in [0.05, 0.1) is 9.79 Å². The zero-order valence-electron chi connectivity index (χ0n) is 13.4. The van der Waals surface area contributed by atoms with Gasteiger partial charge >= 0.3 is 0 Å². The van der Waals surface area contributed by atoms with Crippen LogP contribution in [-0.2, 0) is 9.84 Å². The normalized spacial score (nSPS) is 11.7. The molecule has 0 fully saturated rings. The number of phenols is 2. The standard InChI is InChI=1S/C17H20O4S/c1-9-6-10(2)16(8-14(9)18)22(20,21)17-11(3)7-15(19)12(4)13(17)5/h6-8,18-19H,1-5H3. The summed E-state index contributed by atoms with van der Waals surface area (Å²) < 4.78 is 26.1. The highest BCUT2D eigenvalue weighted by Gasteiger charge is 2.26. The SMILES string of the molecule is Cc1cc(C)c(S(=O)(=O)c2c(C)cc(O)c(C)c2C)cc1O. The molecule has 0 unspecified atom stereocenters. The number of rotatable bonds is 2. The van der Waals surface area contributed by atoms with E-state index in [1.54, 1.807) is 40.7 Å². The van der Waals surface area contributed by atoms with Crippen molar-refractivity contribution in [2.24, 2.45) is 0 Å². The first-order chi connectivity index (χ1) is 10.1. The summed E-state index contributed by atoms with van der Waals surface area (Å²) >= 11 is 0. The molecule has 0 atom stereocenters. The van der Waals surface area contributed by atoms with Crippen LogP contribution in [-0.4, -0.2) is 18.6 Å². The maximum absolute atomic E-state index is 13.0. The van der Waals surface area contributed by atoms with Crippen molar-refractivity contribution in [2.75, 3.05) is 0 Å². The number of hydrogen-bond donors (Lipinski definition) is 2. The molecule has 0 aromatic heterocycles. The van der Waals surface area contributed by atoms with Gasteiger partial charge in [0.15, 0.2) is 0 Å². The summed E-state index contributed by atoms with van der Waals surface area (Å²) in [5.41, 5.74) is 2.77. The number of hydrogen-bond acceptors (Lipinski definition) is 4. The monoisotopic (exact) mass is 320 g/mol. The molecule has 0 bridgehead atoms. The van der Waals surface area contributed by atoms with Gasteiger partial charge in [0.1, 0.15) is 11.5 Å². The smallest absolute Gasteiger partial charge is 0.207 e. The van der Waals surface area contributed by atoms with Crippen molar-refractivity contribution in [1.82, 2.24) is 0 Å². The van der Waals surface area contributed by atoms with Crippen molar-refractivity contribution in [3.8, 4) is 11.5 Å². The van der Waals surface area contributed by atoms with Crippen LogP contribution in [0, 0.1) is 34.6 Å². The summed E-state index contributed by atoms with van der Waals surface area (Å²) in [6, 6.07) is 4.40. The van der Waals surface area contributed by atoms with Crippen LogP contribution >= 0.6 is 0 Å². The molecule has 2 aromatic rings. The lowest BCUT2D eigenvalue weighted by atomic mass is 10.1. The van der Waals surface area contributed by atoms with Gasteiger partial charge in [0.25, 0.3) is 0 Å². The molecule has 2 aromatic carbocycles. The number of phenolic OH excluding ortho intramolecular Hbond substituents is 2. The minimum atomic E-state index is -3.78. The molecular weight excluding hydrogens is 300 g/mol. The molecule has 5 heteroatoms. The van der Waals surface area contributed by atoms with Crippen molar-refractivity contribution >= 4 is 9.84 Å². The lowest BCUT2D eigenvalue weighted by molar-refractivity contribution is 0.467. The van der Waals surface area contributed by atoms with Gasteiger partial charge in [0, 0.05) is 0 Å². The summed E-state index contributed by atoms with van der Waals surface area (Å²) in [6.07, 6.45) is 0. The Bertz CT molecular complexity index is 865. The average molecular weight is 320 g/mol. The predicted octanol–water partition coefficient (Wildman–Crippen LogP) is 3.47. The van der Waals surface area contributed by atoms with E-state index in [-0.39, 0.29) is 21.3 Å². The molecule has 0 saturated carbocycles. The van der Waals surface area contributed by atoms with E-state index in [1.165, 1.54) is 12.1 Å². The molecule has 22 heavy (non-hydrogen) atoms. The highest BCUT2D eigenvalue weighted by molar-refractivity contribution is 7.91. The number of aromatic hydroxyl groups is 2. The van der Waals surface area contributed by atoms with E-state index in [2.05, 4.69) is 0 Å². The fraction of sp³-hybridized carbons (Fsp3) is 0.294. The van der Waals surface area contributed by atoms with Gasteiger partial charge in [-0.15, -0.1) is 0 Å². The summed E-state index contributed by atoms with van der Waals surface area (Å²) in [5, 5.41) is 19.7. The van der Waals surface area contributed by atoms with Gasteiger partial charge in [0.2, 0.25) is 9.84 Å². The largest absolute Gasteiger partial charge is 0.508 e. The first kappa shape index (κ1) is 16.4. The van der Waals surface area contributed by atoms with Gasteiger partial charge in [-0.1, -0.05) is 6.07 Å². The number of sulfone groups is 1. The van der Waals surface area contributed by atoms with Crippen LogP contribution in [0.25, 0.3) is 0 Å². The van der Waals surface area contributed by atoms with E-state index in [4.69, 9.17) is 0 Å². The second-order valence-corrected chi connectivity index (χ2v) is 7.55. The molecule has 0 heterocycles. The third kappa shape index (κ3) is 2.46. The van der Waals surface area contributed by atoms with E-state index in [1.807, 2.05) is 0 Å². The van der Waals surface area contributed by atoms with Crippen LogP contribution in [0.4, 0.5) is 0 Å². The third-order valence-electron chi connectivity index (χ3n) is 4.05. The Kier molecular flexibility index (Phi) is 3.96. The van der Waals surface area contributed by atoms with Gasteiger partial charge in [-0.2, -0.15) is 0 Å². The lowest BCUT2D eigenvalue weighted by Gasteiger charge is -2.16. The van der Waals surface area contributed by atoms with Crippen molar-refractivity contribution in [1.29, 1.82) is 0 Å². The Balaban J connectivity index is 2.83. The molecule has 0 aliphatic carbocycles. The third-order valence-corrected chi connectivity index (χ3v) is 6.23. The Hall–Kier alpha value is -2.01. The van der Waals surface area contributed by atoms with E-state index in [0.29, 0.717) is 27.8 Å². The number of benzene rings is 2. The van der Waals surface area contributed by atoms with Gasteiger partial charge in [-0.05, 0) is 74.6 Å². The van der Waals surface area contributed by atoms with Crippen molar-refractivity contribution in [2.45, 2.75) is 44.4 Å². The summed E-state index contributed by atoms with van der Waals surface area (Å²) in [6.45, 7) is 8.44. The minimum absolute atomic E-state index is 0.0463. The second-order valence-electron chi connectivity index (χ2n) is 5.70. The zero-order valence-corrected chi connectivity index (χ0v) is 14.2. The molecule has 2 rings (SSSR count). The first-order valence-electron chi connectivity index (χ1n) is 6.92. The Labute approximate surface area is 131 Å². The molecule has 0 aliphatic rings. The Morgan fingerprint density at radius 2 is 1.32 bits per heavy atom. The fourth-order valence-electron chi connectivity index (χ4n) is 2.67. The van der Waals surface area contributed by atoms with E-state index in [0.717, 1.165) is 0 Å². The summed E-state index contributed by atoms with van der Waals surface area (Å²) in [7, 11) is -3.78. The molecule has 0 aliphatic heterocycles. The zero-order chi connectivity index (χ0) is 16.8. The average Bonchev–Trinajstić information content (AvgIpc) is 2.39. The maximum atomic E-state index is 13.0. The predicted molar refractivity (Wildman–Crippen MR) is 85.4 cm³/mol. The van der Waals surface area contributed by atoms with Crippen LogP contribution in [0.15, 0.2) is 28.0 Å². The van der Waals surface area contributed by atoms with Crippen molar-refractivity contribution in [3.05, 3.63) is 46.0 Å². The first-order valence-corrected chi connectivity index (χ1v) is 8.40. The number of aryl methyl sites for hydroxylation is 3. The molecule has 4 nitrogen and oxygen atoms in total. The maximum Gasteiger partial charge on any atom is 0.207 e. The van der Waals surface area contributed by atoms with Crippen LogP contribution in [0.1, 0.15) is 27.8 Å². The van der Waals surface area contributed by atoms with Crippen molar-refractivity contribution in [3.63, 3.8) is 0 Å². The molecule has 118 valence electrons. The molecule has 0 amide bonds. The molecule has 0 spiro atoms.